The van der Waals surface area contributed by atoms with E-state index in [1.54, 1.807) is 0 Å². The van der Waals surface area contributed by atoms with Gasteiger partial charge in [-0.15, -0.1) is 0 Å². The van der Waals surface area contributed by atoms with Gasteiger partial charge in [0.05, 0.1) is 0 Å². The molecule has 2 N–H and O–H groups in total. The first-order valence-electron chi connectivity index (χ1n) is 30.4. The Morgan fingerprint density at radius 3 is 1.35 bits per heavy atom. The topological polar surface area (TPSA) is 112 Å². The van der Waals surface area contributed by atoms with E-state index in [-0.39, 0.29) is 23.0 Å². The maximum absolute atomic E-state index is 13.4. The van der Waals surface area contributed by atoms with Crippen molar-refractivity contribution in [1.82, 2.24) is 10.6 Å². The second kappa shape index (κ2) is 23.3. The fourth-order valence-electron chi connectivity index (χ4n) is 18.8. The lowest BCUT2D eigenvalue weighted by molar-refractivity contribution is -0.0586. The van der Waals surface area contributed by atoms with Gasteiger partial charge in [0, 0.05) is 17.4 Å². The van der Waals surface area contributed by atoms with E-state index in [1.165, 1.54) is 101 Å². The molecule has 0 heterocycles. The van der Waals surface area contributed by atoms with Crippen molar-refractivity contribution in [1.29, 1.82) is 0 Å². The average molecular weight is 1020 g/mol. The number of amides is 2. The largest absolute Gasteiger partial charge is 0.701 e. The normalized spacial score (nSPS) is 39.9. The summed E-state index contributed by atoms with van der Waals surface area (Å²) >= 11 is 0. The highest BCUT2D eigenvalue weighted by Crippen LogP contribution is 2.69. The fourth-order valence-corrected chi connectivity index (χ4v) is 19.6. The predicted molar refractivity (Wildman–Crippen MR) is 291 cm³/mol. The van der Waals surface area contributed by atoms with Crippen molar-refractivity contribution in [3.63, 3.8) is 0 Å². The number of hydrogen-bond donors (Lipinski definition) is 2. The summed E-state index contributed by atoms with van der Waals surface area (Å²) in [5.74, 6) is 9.47. The molecule has 0 spiro atoms. The van der Waals surface area contributed by atoms with Crippen LogP contribution >= 0.6 is 8.25 Å². The maximum Gasteiger partial charge on any atom is 0.701 e. The molecule has 0 aromatic carbocycles. The molecule has 6 saturated carbocycles. The minimum Gasteiger partial charge on any atom is -0.446 e. The smallest absolute Gasteiger partial charge is 0.446 e. The molecule has 72 heavy (non-hydrogen) atoms. The molecule has 2 unspecified atom stereocenters. The van der Waals surface area contributed by atoms with E-state index in [9.17, 15) is 14.2 Å². The van der Waals surface area contributed by atoms with Crippen LogP contribution in [0.5, 0.6) is 0 Å². The van der Waals surface area contributed by atoms with Crippen molar-refractivity contribution >= 4 is 20.4 Å². The van der Waals surface area contributed by atoms with Crippen molar-refractivity contribution in [3.8, 4) is 0 Å². The van der Waals surface area contributed by atoms with E-state index in [0.717, 1.165) is 111 Å². The van der Waals surface area contributed by atoms with E-state index >= 15 is 0 Å². The van der Waals surface area contributed by atoms with Gasteiger partial charge in [-0.3, -0.25) is 10.6 Å². The summed E-state index contributed by atoms with van der Waals surface area (Å²) in [6.45, 7) is 28.6. The Balaban J connectivity index is 0.764. The van der Waals surface area contributed by atoms with Crippen LogP contribution in [0.25, 0.3) is 0 Å². The van der Waals surface area contributed by atoms with Crippen molar-refractivity contribution in [2.45, 2.75) is 262 Å². The molecule has 0 radical (unpaired) electrons. The molecular weight excluding hydrogens is 916 g/mol. The van der Waals surface area contributed by atoms with Crippen LogP contribution in [-0.2, 0) is 23.1 Å². The first-order valence-corrected chi connectivity index (χ1v) is 31.5. The maximum atomic E-state index is 13.4. The molecule has 8 aliphatic rings. The molecule has 18 atom stereocenters. The van der Waals surface area contributed by atoms with Gasteiger partial charge in [-0.2, -0.15) is 0 Å². The quantitative estimate of drug-likeness (QED) is 0.0710. The average Bonchev–Trinajstić information content (AvgIpc) is 3.88. The number of rotatable bonds is 20. The minimum absolute atomic E-state index is 0.167. The number of ether oxygens (including phenoxy) is 2. The molecule has 408 valence electrons. The molecule has 0 aromatic heterocycles. The van der Waals surface area contributed by atoms with Crippen LogP contribution in [0.2, 0.25) is 0 Å². The van der Waals surface area contributed by atoms with E-state index in [0.29, 0.717) is 35.5 Å². The summed E-state index contributed by atoms with van der Waals surface area (Å²) < 4.78 is 36.8. The lowest BCUT2D eigenvalue weighted by atomic mass is 9.47. The van der Waals surface area contributed by atoms with Crippen LogP contribution in [0.15, 0.2) is 23.3 Å². The van der Waals surface area contributed by atoms with E-state index in [1.807, 2.05) is 13.8 Å². The Morgan fingerprint density at radius 2 is 0.972 bits per heavy atom. The molecule has 9 nitrogen and oxygen atoms in total. The molecule has 0 bridgehead atoms. The van der Waals surface area contributed by atoms with Crippen molar-refractivity contribution in [3.05, 3.63) is 23.3 Å². The second-order valence-electron chi connectivity index (χ2n) is 27.6. The Labute approximate surface area is 439 Å². The van der Waals surface area contributed by atoms with Crippen LogP contribution in [0.4, 0.5) is 9.59 Å². The zero-order valence-electron chi connectivity index (χ0n) is 47.7. The van der Waals surface area contributed by atoms with Gasteiger partial charge in [-0.05, 0) is 195 Å². The van der Waals surface area contributed by atoms with Gasteiger partial charge in [0.25, 0.3) is 0 Å². The second-order valence-corrected chi connectivity index (χ2v) is 28.5. The number of hydrogen-bond acceptors (Lipinski definition) is 7. The first kappa shape index (κ1) is 56.2. The lowest BCUT2D eigenvalue weighted by Gasteiger charge is -2.58. The molecule has 2 amide bonds. The Morgan fingerprint density at radius 1 is 0.569 bits per heavy atom. The summed E-state index contributed by atoms with van der Waals surface area (Å²) in [5, 5.41) is 5.61. The number of fused-ring (bicyclic) bond motifs is 10. The third-order valence-electron chi connectivity index (χ3n) is 22.8. The Bertz CT molecular complexity index is 1820. The number of allylic oxidation sites excluding steroid dienone is 2. The zero-order valence-corrected chi connectivity index (χ0v) is 48.6. The molecular formula is C62H104N2O7P+. The highest BCUT2D eigenvalue weighted by molar-refractivity contribution is 7.33. The fraction of sp³-hybridized carbons (Fsp3) is 0.903. The molecule has 6 fully saturated rings. The van der Waals surface area contributed by atoms with Gasteiger partial charge in [0.2, 0.25) is 0 Å². The van der Waals surface area contributed by atoms with E-state index < -0.39 is 32.9 Å². The molecule has 8 rings (SSSR count). The summed E-state index contributed by atoms with van der Waals surface area (Å²) in [5.41, 5.74) is 4.23. The summed E-state index contributed by atoms with van der Waals surface area (Å²) in [7, 11) is -2.67. The molecule has 10 heteroatoms. The van der Waals surface area contributed by atoms with Gasteiger partial charge in [0.15, 0.2) is 12.5 Å². The SMILES string of the molecule is CCC(NC(=O)O[C@H]1CC[C@@]2(C)C(=CC[C@H]3[C@@H]4CC[C@H]([C@H](C)CCCC(C)C)[C@@]4(C)CC[C@@H]32)C1)O[P+](=O)OC(CC)NC(=O)O[C@H]1CC[C@@]2(C)C(=CC[C@H]3[C@@H]4CC[C@H]([C@H](C)CCCC(C)C)[C@@]4(C)CC[C@@H]32)C1. The number of carbonyl (C=O) groups excluding carboxylic acids is 2. The van der Waals surface area contributed by atoms with Crippen LogP contribution in [0.1, 0.15) is 237 Å². The van der Waals surface area contributed by atoms with Gasteiger partial charge in [0.1, 0.15) is 12.2 Å². The molecule has 0 aliphatic heterocycles. The highest BCUT2D eigenvalue weighted by Gasteiger charge is 2.61. The molecule has 0 aromatic rings. The van der Waals surface area contributed by atoms with Crippen molar-refractivity contribution in [2.75, 3.05) is 0 Å². The standard InChI is InChI=1S/C62H103N2O7P/c1-13-55(63-57(65)68-45-29-33-59(9)43(37-45)21-23-47-51-27-25-49(41(7)19-15-17-39(3)4)61(51,11)35-31-53(47)59)70-72(67)71-56(14-2)64-58(66)69-46-30-34-60(10)44(38-46)22-24-48-52-28-26-50(42(8)20-16-18-40(5)6)62(52,12)36-32-54(48)60/h21-22,39-42,45-56H,13-20,23-38H2,1-12H3,(H-,63,64,65,66)/p+1/t41-,42-,45+,46+,47+,48+,49-,50-,51+,52+,53+,54+,55?,56?,59+,60+,61-,62-/m1/s1. The van der Waals surface area contributed by atoms with Crippen LogP contribution in [0.3, 0.4) is 0 Å². The van der Waals surface area contributed by atoms with Gasteiger partial charge in [-0.1, -0.05) is 154 Å². The highest BCUT2D eigenvalue weighted by atomic mass is 31.1. The molecule has 0 saturated heterocycles. The first-order chi connectivity index (χ1) is 34.2. The Hall–Kier alpha value is -1.96. The van der Waals surface area contributed by atoms with Crippen LogP contribution in [0, 0.1) is 92.7 Å². The minimum atomic E-state index is -2.67. The van der Waals surface area contributed by atoms with E-state index in [4.69, 9.17) is 18.5 Å². The van der Waals surface area contributed by atoms with Crippen LogP contribution in [-0.4, -0.2) is 36.9 Å². The monoisotopic (exact) mass is 1020 g/mol. The summed E-state index contributed by atoms with van der Waals surface area (Å²) in [4.78, 5) is 26.7. The Kier molecular flexibility index (Phi) is 18.2. The lowest BCUT2D eigenvalue weighted by Crippen LogP contribution is -2.51. The zero-order chi connectivity index (χ0) is 51.8. The summed E-state index contributed by atoms with van der Waals surface area (Å²) in [6, 6.07) is 0. The number of alkyl carbamates (subject to hydrolysis) is 2. The molecule has 8 aliphatic carbocycles. The van der Waals surface area contributed by atoms with Crippen molar-refractivity contribution in [2.24, 2.45) is 92.7 Å². The third-order valence-corrected chi connectivity index (χ3v) is 23.6. The van der Waals surface area contributed by atoms with Gasteiger partial charge < -0.3 is 9.47 Å². The van der Waals surface area contributed by atoms with Gasteiger partial charge in [-0.25, -0.2) is 9.59 Å². The third kappa shape index (κ3) is 11.6. The number of nitrogens with one attached hydrogen (secondary N) is 2. The number of carbonyl (C=O) groups is 2. The van der Waals surface area contributed by atoms with Crippen molar-refractivity contribution < 1.29 is 32.7 Å². The predicted octanol–water partition coefficient (Wildman–Crippen LogP) is 17.4. The van der Waals surface area contributed by atoms with Crippen LogP contribution < -0.4 is 10.6 Å². The summed E-state index contributed by atoms with van der Waals surface area (Å²) in [6.07, 6.45) is 29.3. The van der Waals surface area contributed by atoms with E-state index in [2.05, 4.69) is 92.0 Å². The van der Waals surface area contributed by atoms with Gasteiger partial charge >= 0.3 is 20.4 Å².